The Labute approximate surface area is 102 Å². The van der Waals surface area contributed by atoms with Gasteiger partial charge in [0.2, 0.25) is 5.91 Å². The fourth-order valence-electron chi connectivity index (χ4n) is 2.06. The second-order valence-corrected chi connectivity index (χ2v) is 4.53. The van der Waals surface area contributed by atoms with Crippen LogP contribution in [-0.4, -0.2) is 47.2 Å². The van der Waals surface area contributed by atoms with Crippen LogP contribution in [0.5, 0.6) is 0 Å². The van der Waals surface area contributed by atoms with E-state index in [2.05, 4.69) is 0 Å². The van der Waals surface area contributed by atoms with Gasteiger partial charge in [-0.15, -0.1) is 0 Å². The van der Waals surface area contributed by atoms with Crippen molar-refractivity contribution >= 4 is 11.9 Å². The molecule has 0 aromatic heterocycles. The SMILES string of the molecule is CCCC1(O)CN(C(=O)CCC(=O)OCC)C1. The Kier molecular flexibility index (Phi) is 4.93. The molecule has 1 aliphatic rings. The lowest BCUT2D eigenvalue weighted by Crippen LogP contribution is -2.63. The predicted molar refractivity (Wildman–Crippen MR) is 62.3 cm³/mol. The molecule has 0 unspecified atom stereocenters. The molecule has 1 heterocycles. The lowest BCUT2D eigenvalue weighted by molar-refractivity contribution is -0.158. The van der Waals surface area contributed by atoms with E-state index in [0.29, 0.717) is 26.1 Å². The van der Waals surface area contributed by atoms with Crippen molar-refractivity contribution in [2.24, 2.45) is 0 Å². The molecule has 0 saturated carbocycles. The summed E-state index contributed by atoms with van der Waals surface area (Å²) in [5.41, 5.74) is -0.700. The lowest BCUT2D eigenvalue weighted by Gasteiger charge is -2.46. The highest BCUT2D eigenvalue weighted by molar-refractivity contribution is 5.82. The van der Waals surface area contributed by atoms with Crippen molar-refractivity contribution in [2.75, 3.05) is 19.7 Å². The third-order valence-electron chi connectivity index (χ3n) is 2.89. The van der Waals surface area contributed by atoms with Crippen molar-refractivity contribution in [2.45, 2.75) is 45.1 Å². The van der Waals surface area contributed by atoms with Gasteiger partial charge in [-0.2, -0.15) is 0 Å². The van der Waals surface area contributed by atoms with Crippen molar-refractivity contribution in [3.63, 3.8) is 0 Å². The Hall–Kier alpha value is -1.10. The number of rotatable bonds is 6. The normalized spacial score (nSPS) is 17.5. The highest BCUT2D eigenvalue weighted by Gasteiger charge is 2.42. The van der Waals surface area contributed by atoms with Crippen LogP contribution in [0.25, 0.3) is 0 Å². The fourth-order valence-corrected chi connectivity index (χ4v) is 2.06. The summed E-state index contributed by atoms with van der Waals surface area (Å²) in [4.78, 5) is 24.3. The Balaban J connectivity index is 2.21. The second-order valence-electron chi connectivity index (χ2n) is 4.53. The number of nitrogens with zero attached hydrogens (tertiary/aromatic N) is 1. The molecule has 1 fully saturated rings. The number of ether oxygens (including phenoxy) is 1. The number of amides is 1. The van der Waals surface area contributed by atoms with Crippen LogP contribution in [0.4, 0.5) is 0 Å². The first kappa shape index (κ1) is 14.0. The molecule has 0 spiro atoms. The van der Waals surface area contributed by atoms with E-state index < -0.39 is 5.60 Å². The second kappa shape index (κ2) is 6.00. The number of aliphatic hydroxyl groups is 1. The van der Waals surface area contributed by atoms with Crippen LogP contribution in [0.1, 0.15) is 39.5 Å². The Morgan fingerprint density at radius 2 is 1.94 bits per heavy atom. The third kappa shape index (κ3) is 4.00. The largest absolute Gasteiger partial charge is 0.466 e. The van der Waals surface area contributed by atoms with Crippen molar-refractivity contribution in [1.29, 1.82) is 0 Å². The summed E-state index contributed by atoms with van der Waals surface area (Å²) in [5, 5.41) is 9.91. The van der Waals surface area contributed by atoms with Gasteiger partial charge in [0.15, 0.2) is 0 Å². The molecule has 0 atom stereocenters. The van der Waals surface area contributed by atoms with E-state index >= 15 is 0 Å². The monoisotopic (exact) mass is 243 g/mol. The van der Waals surface area contributed by atoms with Crippen molar-refractivity contribution in [1.82, 2.24) is 4.90 Å². The lowest BCUT2D eigenvalue weighted by atomic mass is 9.89. The standard InChI is InChI=1S/C12H21NO4/c1-3-7-12(16)8-13(9-12)10(14)5-6-11(15)17-4-2/h16H,3-9H2,1-2H3. The van der Waals surface area contributed by atoms with Crippen molar-refractivity contribution in [3.8, 4) is 0 Å². The highest BCUT2D eigenvalue weighted by Crippen LogP contribution is 2.26. The summed E-state index contributed by atoms with van der Waals surface area (Å²) in [5.74, 6) is -0.427. The highest BCUT2D eigenvalue weighted by atomic mass is 16.5. The third-order valence-corrected chi connectivity index (χ3v) is 2.89. The zero-order valence-corrected chi connectivity index (χ0v) is 10.6. The summed E-state index contributed by atoms with van der Waals surface area (Å²) in [7, 11) is 0. The predicted octanol–water partition coefficient (Wildman–Crippen LogP) is 0.703. The minimum absolute atomic E-state index is 0.0844. The van der Waals surface area contributed by atoms with Crippen LogP contribution < -0.4 is 0 Å². The molecule has 0 radical (unpaired) electrons. The van der Waals surface area contributed by atoms with Crippen molar-refractivity contribution < 1.29 is 19.4 Å². The molecular formula is C12H21NO4. The van der Waals surface area contributed by atoms with Gasteiger partial charge in [0, 0.05) is 6.42 Å². The molecule has 0 bridgehead atoms. The number of carbonyl (C=O) groups excluding carboxylic acids is 2. The van der Waals surface area contributed by atoms with E-state index in [-0.39, 0.29) is 24.7 Å². The van der Waals surface area contributed by atoms with E-state index in [9.17, 15) is 14.7 Å². The molecule has 98 valence electrons. The van der Waals surface area contributed by atoms with Gasteiger partial charge >= 0.3 is 5.97 Å². The van der Waals surface area contributed by atoms with E-state index in [4.69, 9.17) is 4.74 Å². The smallest absolute Gasteiger partial charge is 0.306 e. The average molecular weight is 243 g/mol. The molecule has 1 amide bonds. The van der Waals surface area contributed by atoms with Gasteiger partial charge in [-0.3, -0.25) is 9.59 Å². The van der Waals surface area contributed by atoms with E-state index in [0.717, 1.165) is 6.42 Å². The van der Waals surface area contributed by atoms with Gasteiger partial charge in [-0.25, -0.2) is 0 Å². The average Bonchev–Trinajstić information content (AvgIpc) is 2.23. The molecule has 0 aromatic carbocycles. The molecule has 0 aliphatic carbocycles. The summed E-state index contributed by atoms with van der Waals surface area (Å²) in [6, 6.07) is 0. The first-order valence-electron chi connectivity index (χ1n) is 6.16. The van der Waals surface area contributed by atoms with Crippen LogP contribution in [0, 0.1) is 0 Å². The molecule has 1 rings (SSSR count). The van der Waals surface area contributed by atoms with Gasteiger partial charge in [-0.1, -0.05) is 13.3 Å². The first-order chi connectivity index (χ1) is 8.00. The number of hydrogen-bond acceptors (Lipinski definition) is 4. The topological polar surface area (TPSA) is 66.8 Å². The van der Waals surface area contributed by atoms with Gasteiger partial charge in [-0.05, 0) is 13.3 Å². The summed E-state index contributed by atoms with van der Waals surface area (Å²) in [6.07, 6.45) is 1.91. The molecule has 5 nitrogen and oxygen atoms in total. The maximum Gasteiger partial charge on any atom is 0.306 e. The minimum Gasteiger partial charge on any atom is -0.466 e. The molecule has 5 heteroatoms. The quantitative estimate of drug-likeness (QED) is 0.697. The first-order valence-corrected chi connectivity index (χ1v) is 6.16. The van der Waals surface area contributed by atoms with E-state index in [1.807, 2.05) is 6.92 Å². The fraction of sp³-hybridized carbons (Fsp3) is 0.833. The van der Waals surface area contributed by atoms with Gasteiger partial charge in [0.05, 0.1) is 31.7 Å². The van der Waals surface area contributed by atoms with Gasteiger partial charge in [0.25, 0.3) is 0 Å². The molecule has 1 saturated heterocycles. The molecule has 1 N–H and O–H groups in total. The van der Waals surface area contributed by atoms with Crippen LogP contribution >= 0.6 is 0 Å². The summed E-state index contributed by atoms with van der Waals surface area (Å²) >= 11 is 0. The van der Waals surface area contributed by atoms with Crippen LogP contribution in [0.2, 0.25) is 0 Å². The van der Waals surface area contributed by atoms with Crippen LogP contribution in [0.15, 0.2) is 0 Å². The van der Waals surface area contributed by atoms with Crippen molar-refractivity contribution in [3.05, 3.63) is 0 Å². The van der Waals surface area contributed by atoms with Crippen LogP contribution in [-0.2, 0) is 14.3 Å². The summed E-state index contributed by atoms with van der Waals surface area (Å²) in [6.45, 7) is 4.86. The zero-order valence-electron chi connectivity index (χ0n) is 10.6. The minimum atomic E-state index is -0.700. The Bertz CT molecular complexity index is 284. The number of carbonyl (C=O) groups is 2. The maximum atomic E-state index is 11.6. The Morgan fingerprint density at radius 3 is 2.47 bits per heavy atom. The van der Waals surface area contributed by atoms with E-state index in [1.54, 1.807) is 11.8 Å². The number of β-amino-alcohol motifs (C(OH)–C–C–N with tert-alkyl or cyclic N) is 1. The molecular weight excluding hydrogens is 222 g/mol. The van der Waals surface area contributed by atoms with Crippen LogP contribution in [0.3, 0.4) is 0 Å². The maximum absolute atomic E-state index is 11.6. The number of likely N-dealkylation sites (tertiary alicyclic amines) is 1. The zero-order chi connectivity index (χ0) is 12.9. The Morgan fingerprint density at radius 1 is 1.29 bits per heavy atom. The van der Waals surface area contributed by atoms with Gasteiger partial charge < -0.3 is 14.7 Å². The molecule has 1 aliphatic heterocycles. The number of esters is 1. The summed E-state index contributed by atoms with van der Waals surface area (Å²) < 4.78 is 4.74. The molecule has 17 heavy (non-hydrogen) atoms. The molecule has 0 aromatic rings. The number of hydrogen-bond donors (Lipinski definition) is 1. The van der Waals surface area contributed by atoms with Gasteiger partial charge in [0.1, 0.15) is 0 Å². The van der Waals surface area contributed by atoms with E-state index in [1.165, 1.54) is 0 Å².